The van der Waals surface area contributed by atoms with E-state index in [0.29, 0.717) is 18.3 Å². The molecule has 0 radical (unpaired) electrons. The van der Waals surface area contributed by atoms with Gasteiger partial charge in [0.1, 0.15) is 0 Å². The lowest BCUT2D eigenvalue weighted by Crippen LogP contribution is -2.61. The van der Waals surface area contributed by atoms with Gasteiger partial charge in [-0.05, 0) is 119 Å². The molecule has 166 valence electrons. The van der Waals surface area contributed by atoms with Gasteiger partial charge in [-0.2, -0.15) is 0 Å². The van der Waals surface area contributed by atoms with E-state index in [1.165, 1.54) is 25.7 Å². The van der Waals surface area contributed by atoms with Crippen LogP contribution in [0.1, 0.15) is 90.4 Å². The van der Waals surface area contributed by atoms with Crippen molar-refractivity contribution in [2.45, 2.75) is 108 Å². The zero-order chi connectivity index (χ0) is 20.7. The fourth-order valence-electron chi connectivity index (χ4n) is 9.83. The van der Waals surface area contributed by atoms with Crippen molar-refractivity contribution >= 4 is 11.9 Å². The summed E-state index contributed by atoms with van der Waals surface area (Å²) >= 11 is 0. The molecule has 0 aromatic heterocycles. The maximum absolute atomic E-state index is 12.9. The molecule has 5 atom stereocenters. The second-order valence-electron chi connectivity index (χ2n) is 12.7. The lowest BCUT2D eigenvalue weighted by atomic mass is 9.47. The normalized spacial score (nSPS) is 51.1. The third-order valence-corrected chi connectivity index (χ3v) is 9.77. The largest absolute Gasteiger partial charge is 0.453 e. The first-order valence-electron chi connectivity index (χ1n) is 12.5. The highest BCUT2D eigenvalue weighted by Crippen LogP contribution is 2.63. The van der Waals surface area contributed by atoms with Gasteiger partial charge in [-0.1, -0.05) is 0 Å². The average Bonchev–Trinajstić information content (AvgIpc) is 2.57. The van der Waals surface area contributed by atoms with Gasteiger partial charge in [0.25, 0.3) is 5.91 Å². The molecule has 8 fully saturated rings. The Labute approximate surface area is 179 Å². The van der Waals surface area contributed by atoms with E-state index in [1.54, 1.807) is 6.92 Å². The van der Waals surface area contributed by atoms with E-state index < -0.39 is 11.7 Å². The van der Waals surface area contributed by atoms with E-state index in [0.717, 1.165) is 69.1 Å². The highest BCUT2D eigenvalue weighted by molar-refractivity contribution is 5.84. The Morgan fingerprint density at radius 2 is 1.43 bits per heavy atom. The molecule has 8 rings (SSSR count). The van der Waals surface area contributed by atoms with Crippen molar-refractivity contribution in [1.82, 2.24) is 5.32 Å². The molecule has 0 aromatic rings. The first kappa shape index (κ1) is 19.6. The summed E-state index contributed by atoms with van der Waals surface area (Å²) in [5, 5.41) is 14.3. The van der Waals surface area contributed by atoms with Crippen molar-refractivity contribution in [3.63, 3.8) is 0 Å². The number of carbonyl (C=O) groups excluding carboxylic acids is 2. The number of rotatable bonds is 5. The molecule has 8 bridgehead atoms. The van der Waals surface area contributed by atoms with Crippen LogP contribution >= 0.6 is 0 Å². The Kier molecular flexibility index (Phi) is 4.22. The van der Waals surface area contributed by atoms with E-state index in [4.69, 9.17) is 4.74 Å². The van der Waals surface area contributed by atoms with Gasteiger partial charge in [-0.3, -0.25) is 9.59 Å². The summed E-state index contributed by atoms with van der Waals surface area (Å²) in [6.45, 7) is 1.72. The van der Waals surface area contributed by atoms with E-state index in [1.807, 2.05) is 0 Å². The molecule has 8 aliphatic carbocycles. The molecule has 8 aliphatic rings. The minimum Gasteiger partial charge on any atom is -0.453 e. The van der Waals surface area contributed by atoms with Crippen molar-refractivity contribution in [3.05, 3.63) is 0 Å². The second-order valence-corrected chi connectivity index (χ2v) is 12.7. The molecule has 0 spiro atoms. The third kappa shape index (κ3) is 3.30. The van der Waals surface area contributed by atoms with Crippen LogP contribution < -0.4 is 5.32 Å². The Bertz CT molecular complexity index is 711. The number of carbonyl (C=O) groups is 2. The molecule has 1 amide bonds. The molecular weight excluding hydrogens is 378 g/mol. The van der Waals surface area contributed by atoms with Crippen LogP contribution in [0.3, 0.4) is 0 Å². The summed E-state index contributed by atoms with van der Waals surface area (Å²) in [5.74, 6) is 3.06. The van der Waals surface area contributed by atoms with Crippen molar-refractivity contribution in [3.8, 4) is 0 Å². The second kappa shape index (κ2) is 6.46. The van der Waals surface area contributed by atoms with Crippen LogP contribution in [0.5, 0.6) is 0 Å². The topological polar surface area (TPSA) is 75.6 Å². The maximum atomic E-state index is 12.9. The first-order chi connectivity index (χ1) is 14.2. The quantitative estimate of drug-likeness (QED) is 0.671. The summed E-state index contributed by atoms with van der Waals surface area (Å²) in [6, 6.07) is 0. The van der Waals surface area contributed by atoms with Crippen LogP contribution in [0.2, 0.25) is 0 Å². The highest BCUT2D eigenvalue weighted by atomic mass is 16.5. The Balaban J connectivity index is 1.07. The number of hydrogen-bond acceptors (Lipinski definition) is 4. The molecule has 0 heterocycles. The summed E-state index contributed by atoms with van der Waals surface area (Å²) in [6.07, 6.45) is 12.8. The van der Waals surface area contributed by atoms with Crippen LogP contribution in [0.25, 0.3) is 0 Å². The summed E-state index contributed by atoms with van der Waals surface area (Å²) < 4.78 is 5.67. The van der Waals surface area contributed by atoms with Gasteiger partial charge in [0.05, 0.1) is 12.0 Å². The fraction of sp³-hybridized carbons (Fsp3) is 0.920. The molecular formula is C25H37NO4. The van der Waals surface area contributed by atoms with Crippen LogP contribution in [0, 0.1) is 35.0 Å². The van der Waals surface area contributed by atoms with Crippen LogP contribution in [0.15, 0.2) is 0 Å². The van der Waals surface area contributed by atoms with Crippen molar-refractivity contribution in [2.24, 2.45) is 35.0 Å². The number of nitrogens with one attached hydrogen (secondary N) is 1. The number of hydrogen-bond donors (Lipinski definition) is 2. The lowest BCUT2D eigenvalue weighted by Gasteiger charge is -2.60. The average molecular weight is 416 g/mol. The number of amides is 1. The van der Waals surface area contributed by atoms with Crippen LogP contribution in [-0.4, -0.2) is 34.2 Å². The molecule has 5 nitrogen and oxygen atoms in total. The SMILES string of the molecule is C[C@@H](OC(=O)CC12C[C@@H]3C[C@@H](CC(O)(C3)C1)C2)C(=O)NC12CC3CC(CC(C3)C1)C2. The third-order valence-electron chi connectivity index (χ3n) is 9.77. The lowest BCUT2D eigenvalue weighted by molar-refractivity contribution is -0.180. The first-order valence-corrected chi connectivity index (χ1v) is 12.5. The summed E-state index contributed by atoms with van der Waals surface area (Å²) in [7, 11) is 0. The number of aliphatic hydroxyl groups is 1. The van der Waals surface area contributed by atoms with Crippen LogP contribution in [-0.2, 0) is 14.3 Å². The minimum atomic E-state index is -0.734. The smallest absolute Gasteiger partial charge is 0.307 e. The molecule has 0 aliphatic heterocycles. The molecule has 5 heteroatoms. The standard InChI is InChI=1S/C25H37NO4/c1-15(22(28)26-24-8-16-2-17(9-24)4-18(3-16)10-24)30-21(27)13-23-6-19-5-20(7-23)12-25(29,11-19)14-23/h15-20,29H,2-14H2,1H3,(H,26,28)/t15-,16?,17?,18?,19-,20+,23?,24?,25?/m1/s1. The number of ether oxygens (including phenoxy) is 1. The van der Waals surface area contributed by atoms with Gasteiger partial charge in [0, 0.05) is 5.54 Å². The number of esters is 1. The van der Waals surface area contributed by atoms with Gasteiger partial charge in [0.2, 0.25) is 0 Å². The van der Waals surface area contributed by atoms with E-state index >= 15 is 0 Å². The minimum absolute atomic E-state index is 0.0459. The summed E-state index contributed by atoms with van der Waals surface area (Å²) in [4.78, 5) is 25.8. The molecule has 2 unspecified atom stereocenters. The van der Waals surface area contributed by atoms with Gasteiger partial charge in [-0.25, -0.2) is 0 Å². The Morgan fingerprint density at radius 3 is 1.97 bits per heavy atom. The Hall–Kier alpha value is -1.10. The van der Waals surface area contributed by atoms with Crippen molar-refractivity contribution in [2.75, 3.05) is 0 Å². The maximum Gasteiger partial charge on any atom is 0.307 e. The van der Waals surface area contributed by atoms with Gasteiger partial charge < -0.3 is 15.2 Å². The van der Waals surface area contributed by atoms with Crippen molar-refractivity contribution in [1.29, 1.82) is 0 Å². The molecule has 8 saturated carbocycles. The van der Waals surface area contributed by atoms with Gasteiger partial charge in [0.15, 0.2) is 6.10 Å². The van der Waals surface area contributed by atoms with E-state index in [-0.39, 0.29) is 22.8 Å². The molecule has 0 aromatic carbocycles. The molecule has 0 saturated heterocycles. The highest BCUT2D eigenvalue weighted by Gasteiger charge is 2.58. The zero-order valence-corrected chi connectivity index (χ0v) is 18.3. The monoisotopic (exact) mass is 415 g/mol. The Morgan fingerprint density at radius 1 is 0.900 bits per heavy atom. The van der Waals surface area contributed by atoms with Crippen LogP contribution in [0.4, 0.5) is 0 Å². The van der Waals surface area contributed by atoms with Gasteiger partial charge in [-0.15, -0.1) is 0 Å². The van der Waals surface area contributed by atoms with E-state index in [2.05, 4.69) is 5.32 Å². The summed E-state index contributed by atoms with van der Waals surface area (Å²) in [5.41, 5.74) is -0.715. The van der Waals surface area contributed by atoms with Crippen molar-refractivity contribution < 1.29 is 19.4 Å². The molecule has 30 heavy (non-hydrogen) atoms. The zero-order valence-electron chi connectivity index (χ0n) is 18.3. The fourth-order valence-corrected chi connectivity index (χ4v) is 9.83. The van der Waals surface area contributed by atoms with Gasteiger partial charge >= 0.3 is 5.97 Å². The van der Waals surface area contributed by atoms with E-state index in [9.17, 15) is 14.7 Å². The predicted octanol–water partition coefficient (Wildman–Crippen LogP) is 3.72. The molecule has 2 N–H and O–H groups in total. The predicted molar refractivity (Wildman–Crippen MR) is 111 cm³/mol.